The van der Waals surface area contributed by atoms with Crippen LogP contribution in [0.25, 0.3) is 77.2 Å². The lowest BCUT2D eigenvalue weighted by molar-refractivity contribution is 0.669. The maximum Gasteiger partial charge on any atom is 0.136 e. The van der Waals surface area contributed by atoms with Crippen LogP contribution in [0.15, 0.2) is 217 Å². The molecular formula is C52H35NO. The lowest BCUT2D eigenvalue weighted by atomic mass is 9.94. The first-order chi connectivity index (χ1) is 26.7. The van der Waals surface area contributed by atoms with Gasteiger partial charge in [0, 0.05) is 27.8 Å². The number of hydrogen-bond donors (Lipinski definition) is 0. The van der Waals surface area contributed by atoms with E-state index in [9.17, 15) is 0 Å². The Morgan fingerprint density at radius 2 is 0.778 bits per heavy atom. The van der Waals surface area contributed by atoms with Crippen LogP contribution in [0.5, 0.6) is 0 Å². The van der Waals surface area contributed by atoms with Gasteiger partial charge >= 0.3 is 0 Å². The zero-order chi connectivity index (χ0) is 35.8. The summed E-state index contributed by atoms with van der Waals surface area (Å²) in [6.45, 7) is 0. The summed E-state index contributed by atoms with van der Waals surface area (Å²) in [6.07, 6.45) is 0. The van der Waals surface area contributed by atoms with Crippen LogP contribution >= 0.6 is 0 Å². The second-order valence-corrected chi connectivity index (χ2v) is 13.8. The summed E-state index contributed by atoms with van der Waals surface area (Å²) in [4.78, 5) is 2.33. The first kappa shape index (κ1) is 31.6. The average molecular weight is 690 g/mol. The minimum atomic E-state index is 0.909. The van der Waals surface area contributed by atoms with Crippen molar-refractivity contribution >= 4 is 49.8 Å². The Morgan fingerprint density at radius 3 is 1.50 bits per heavy atom. The van der Waals surface area contributed by atoms with Crippen molar-refractivity contribution in [2.45, 2.75) is 0 Å². The summed E-state index contributed by atoms with van der Waals surface area (Å²) >= 11 is 0. The van der Waals surface area contributed by atoms with Crippen molar-refractivity contribution < 1.29 is 4.42 Å². The normalized spacial score (nSPS) is 11.3. The van der Waals surface area contributed by atoms with Gasteiger partial charge in [0.2, 0.25) is 0 Å². The van der Waals surface area contributed by atoms with Crippen LogP contribution in [-0.4, -0.2) is 0 Å². The summed E-state index contributed by atoms with van der Waals surface area (Å²) in [6, 6.07) is 75.8. The predicted molar refractivity (Wildman–Crippen MR) is 228 cm³/mol. The summed E-state index contributed by atoms with van der Waals surface area (Å²) in [5.41, 5.74) is 14.6. The number of para-hydroxylation sites is 1. The number of nitrogens with zero attached hydrogens (tertiary/aromatic N) is 1. The van der Waals surface area contributed by atoms with E-state index in [-0.39, 0.29) is 0 Å². The molecule has 0 aliphatic heterocycles. The van der Waals surface area contributed by atoms with Gasteiger partial charge in [-0.3, -0.25) is 0 Å². The second kappa shape index (κ2) is 13.4. The summed E-state index contributed by atoms with van der Waals surface area (Å²) in [5, 5.41) is 4.71. The van der Waals surface area contributed by atoms with E-state index < -0.39 is 0 Å². The molecule has 0 saturated heterocycles. The largest absolute Gasteiger partial charge is 0.456 e. The molecule has 54 heavy (non-hydrogen) atoms. The molecular weight excluding hydrogens is 655 g/mol. The molecule has 0 aliphatic carbocycles. The van der Waals surface area contributed by atoms with Crippen LogP contribution in [0.2, 0.25) is 0 Å². The van der Waals surface area contributed by atoms with Crippen molar-refractivity contribution in [3.63, 3.8) is 0 Å². The molecule has 0 aliphatic rings. The minimum Gasteiger partial charge on any atom is -0.456 e. The fourth-order valence-corrected chi connectivity index (χ4v) is 7.74. The van der Waals surface area contributed by atoms with Gasteiger partial charge in [0.15, 0.2) is 0 Å². The summed E-state index contributed by atoms with van der Waals surface area (Å²) in [7, 11) is 0. The molecule has 0 fully saturated rings. The van der Waals surface area contributed by atoms with Gasteiger partial charge in [-0.25, -0.2) is 0 Å². The molecule has 2 heteroatoms. The molecule has 10 rings (SSSR count). The molecule has 2 nitrogen and oxygen atoms in total. The number of fused-ring (bicyclic) bond motifs is 4. The lowest BCUT2D eigenvalue weighted by Crippen LogP contribution is -2.09. The number of rotatable bonds is 7. The van der Waals surface area contributed by atoms with E-state index in [0.717, 1.165) is 50.1 Å². The molecule has 10 aromatic rings. The smallest absolute Gasteiger partial charge is 0.136 e. The molecule has 1 aromatic heterocycles. The molecule has 0 spiro atoms. The number of hydrogen-bond acceptors (Lipinski definition) is 2. The third-order valence-electron chi connectivity index (χ3n) is 10.5. The standard InChI is InChI=1S/C52H35NO/c1-3-12-39(13-4-1)47-20-9-10-21-48(47)43-16-11-19-46(32-43)53(44-17-5-2-6-18-44)45-29-26-37(27-30-45)36-22-24-38(25-23-36)42-28-31-49-50-33-40-14-7-8-15-41(40)34-52(50)54-51(49)35-42/h1-35H. The van der Waals surface area contributed by atoms with Gasteiger partial charge in [0.05, 0.1) is 0 Å². The highest BCUT2D eigenvalue weighted by Gasteiger charge is 2.15. The van der Waals surface area contributed by atoms with E-state index in [1.165, 1.54) is 44.2 Å². The number of furan rings is 1. The Balaban J connectivity index is 0.953. The molecule has 0 amide bonds. The maximum atomic E-state index is 6.36. The summed E-state index contributed by atoms with van der Waals surface area (Å²) < 4.78 is 6.36. The number of anilines is 3. The van der Waals surface area contributed by atoms with Gasteiger partial charge in [0.25, 0.3) is 0 Å². The third-order valence-corrected chi connectivity index (χ3v) is 10.5. The van der Waals surface area contributed by atoms with Crippen LogP contribution < -0.4 is 4.90 Å². The van der Waals surface area contributed by atoms with E-state index in [1.54, 1.807) is 0 Å². The lowest BCUT2D eigenvalue weighted by Gasteiger charge is -2.26. The Morgan fingerprint density at radius 1 is 0.278 bits per heavy atom. The topological polar surface area (TPSA) is 16.4 Å². The first-order valence-corrected chi connectivity index (χ1v) is 18.4. The molecule has 1 heterocycles. The molecule has 0 N–H and O–H groups in total. The van der Waals surface area contributed by atoms with Crippen molar-refractivity contribution in [1.29, 1.82) is 0 Å². The van der Waals surface area contributed by atoms with E-state index in [2.05, 4.69) is 217 Å². The van der Waals surface area contributed by atoms with E-state index in [0.29, 0.717) is 0 Å². The Labute approximate surface area is 314 Å². The van der Waals surface area contributed by atoms with Gasteiger partial charge in [-0.05, 0) is 116 Å². The van der Waals surface area contributed by atoms with Crippen LogP contribution in [0, 0.1) is 0 Å². The zero-order valence-corrected chi connectivity index (χ0v) is 29.6. The van der Waals surface area contributed by atoms with Crippen molar-refractivity contribution in [1.82, 2.24) is 0 Å². The van der Waals surface area contributed by atoms with E-state index >= 15 is 0 Å². The van der Waals surface area contributed by atoms with Crippen LogP contribution in [0.4, 0.5) is 17.1 Å². The highest BCUT2D eigenvalue weighted by atomic mass is 16.3. The fourth-order valence-electron chi connectivity index (χ4n) is 7.74. The highest BCUT2D eigenvalue weighted by Crippen LogP contribution is 2.40. The van der Waals surface area contributed by atoms with E-state index in [4.69, 9.17) is 4.42 Å². The van der Waals surface area contributed by atoms with Crippen molar-refractivity contribution in [2.75, 3.05) is 4.90 Å². The highest BCUT2D eigenvalue weighted by molar-refractivity contribution is 6.10. The van der Waals surface area contributed by atoms with E-state index in [1.807, 2.05) is 0 Å². The van der Waals surface area contributed by atoms with Gasteiger partial charge < -0.3 is 9.32 Å². The summed E-state index contributed by atoms with van der Waals surface area (Å²) in [5.74, 6) is 0. The van der Waals surface area contributed by atoms with Gasteiger partial charge in [-0.1, -0.05) is 152 Å². The Kier molecular flexibility index (Phi) is 7.85. The Hall–Kier alpha value is -7.16. The van der Waals surface area contributed by atoms with Crippen LogP contribution in [0.1, 0.15) is 0 Å². The minimum absolute atomic E-state index is 0.909. The van der Waals surface area contributed by atoms with Crippen molar-refractivity contribution in [3.05, 3.63) is 212 Å². The molecule has 0 radical (unpaired) electrons. The Bertz CT molecular complexity index is 2910. The van der Waals surface area contributed by atoms with Crippen molar-refractivity contribution in [2.24, 2.45) is 0 Å². The monoisotopic (exact) mass is 689 g/mol. The van der Waals surface area contributed by atoms with Gasteiger partial charge in [-0.2, -0.15) is 0 Å². The van der Waals surface area contributed by atoms with Crippen LogP contribution in [-0.2, 0) is 0 Å². The first-order valence-electron chi connectivity index (χ1n) is 18.4. The quantitative estimate of drug-likeness (QED) is 0.166. The third kappa shape index (κ3) is 5.81. The van der Waals surface area contributed by atoms with Crippen molar-refractivity contribution in [3.8, 4) is 44.5 Å². The fraction of sp³-hybridized carbons (Fsp3) is 0. The molecule has 9 aromatic carbocycles. The molecule has 0 unspecified atom stereocenters. The molecule has 0 atom stereocenters. The predicted octanol–water partition coefficient (Wildman–Crippen LogP) is 14.9. The molecule has 0 bridgehead atoms. The van der Waals surface area contributed by atoms with Gasteiger partial charge in [0.1, 0.15) is 11.2 Å². The molecule has 0 saturated carbocycles. The maximum absolute atomic E-state index is 6.36. The average Bonchev–Trinajstić information content (AvgIpc) is 3.60. The zero-order valence-electron chi connectivity index (χ0n) is 29.6. The SMILES string of the molecule is c1ccc(-c2ccccc2-c2cccc(N(c3ccccc3)c3ccc(-c4ccc(-c5ccc6c(c5)oc5cc7ccccc7cc56)cc4)cc3)c2)cc1. The molecule has 254 valence electrons. The van der Waals surface area contributed by atoms with Crippen LogP contribution in [0.3, 0.4) is 0 Å². The number of benzene rings is 9. The van der Waals surface area contributed by atoms with Gasteiger partial charge in [-0.15, -0.1) is 0 Å². The second-order valence-electron chi connectivity index (χ2n) is 13.8.